The van der Waals surface area contributed by atoms with E-state index in [9.17, 15) is 14.4 Å². The van der Waals surface area contributed by atoms with E-state index in [2.05, 4.69) is 11.1 Å². The molecule has 9 nitrogen and oxygen atoms in total. The number of aromatic nitrogens is 4. The van der Waals surface area contributed by atoms with Crippen molar-refractivity contribution in [1.29, 1.82) is 5.26 Å². The molecule has 2 aromatic heterocycles. The van der Waals surface area contributed by atoms with Crippen molar-refractivity contribution in [3.63, 3.8) is 0 Å². The fraction of sp³-hybridized carbons (Fsp3) is 0.136. The van der Waals surface area contributed by atoms with Crippen LogP contribution in [-0.4, -0.2) is 24.7 Å². The zero-order chi connectivity index (χ0) is 22.1. The van der Waals surface area contributed by atoms with Gasteiger partial charge in [0.15, 0.2) is 11.2 Å². The number of benzene rings is 2. The van der Waals surface area contributed by atoms with Crippen LogP contribution in [0.15, 0.2) is 64.4 Å². The fourth-order valence-corrected chi connectivity index (χ4v) is 3.28. The molecule has 0 fully saturated rings. The van der Waals surface area contributed by atoms with Gasteiger partial charge in [0.1, 0.15) is 12.3 Å². The lowest BCUT2D eigenvalue weighted by Crippen LogP contribution is -2.42. The third kappa shape index (κ3) is 3.62. The van der Waals surface area contributed by atoms with Gasteiger partial charge in [0.05, 0.1) is 18.0 Å². The molecule has 0 unspecified atom stereocenters. The van der Waals surface area contributed by atoms with Crippen LogP contribution in [0.1, 0.15) is 5.56 Å². The van der Waals surface area contributed by atoms with Crippen molar-refractivity contribution >= 4 is 17.1 Å². The summed E-state index contributed by atoms with van der Waals surface area (Å²) in [6, 6.07) is 16.0. The van der Waals surface area contributed by atoms with E-state index in [1.807, 2.05) is 12.1 Å². The van der Waals surface area contributed by atoms with Crippen molar-refractivity contribution < 1.29 is 9.53 Å². The van der Waals surface area contributed by atoms with Crippen LogP contribution in [0.4, 0.5) is 0 Å². The topological polar surface area (TPSA) is 112 Å². The number of aryl methyl sites for hydroxylation is 2. The van der Waals surface area contributed by atoms with Crippen molar-refractivity contribution in [3.05, 3.63) is 81.3 Å². The third-order valence-corrected chi connectivity index (χ3v) is 4.92. The maximum atomic E-state index is 12.7. The maximum Gasteiger partial charge on any atom is 0.333 e. The predicted octanol–water partition coefficient (Wildman–Crippen LogP) is 1.58. The zero-order valence-electron chi connectivity index (χ0n) is 16.8. The Labute approximate surface area is 176 Å². The molecule has 0 radical (unpaired) electrons. The first-order valence-electron chi connectivity index (χ1n) is 9.31. The maximum absolute atomic E-state index is 12.7. The highest BCUT2D eigenvalue weighted by Gasteiger charge is 2.18. The molecule has 0 aliphatic heterocycles. The largest absolute Gasteiger partial charge is 0.425 e. The van der Waals surface area contributed by atoms with E-state index in [0.717, 1.165) is 15.7 Å². The Kier molecular flexibility index (Phi) is 4.97. The van der Waals surface area contributed by atoms with Crippen LogP contribution in [0.3, 0.4) is 0 Å². The molecule has 2 aromatic carbocycles. The van der Waals surface area contributed by atoms with Crippen LogP contribution < -0.4 is 16.0 Å². The number of imidazole rings is 1. The summed E-state index contributed by atoms with van der Waals surface area (Å²) in [6.07, 6.45) is 1.43. The summed E-state index contributed by atoms with van der Waals surface area (Å²) in [5.74, 6) is -0.458. The van der Waals surface area contributed by atoms with Crippen molar-refractivity contribution in [3.8, 4) is 22.9 Å². The molecule has 31 heavy (non-hydrogen) atoms. The van der Waals surface area contributed by atoms with Gasteiger partial charge in [-0.3, -0.25) is 9.36 Å². The molecule has 4 rings (SSSR count). The number of ether oxygens (including phenoxy) is 1. The molecule has 0 spiro atoms. The molecule has 2 heterocycles. The Balaban J connectivity index is 1.54. The molecule has 0 aliphatic rings. The van der Waals surface area contributed by atoms with Gasteiger partial charge in [0, 0.05) is 14.1 Å². The normalized spacial score (nSPS) is 10.7. The monoisotopic (exact) mass is 415 g/mol. The van der Waals surface area contributed by atoms with Gasteiger partial charge in [0.2, 0.25) is 0 Å². The van der Waals surface area contributed by atoms with Gasteiger partial charge < -0.3 is 9.30 Å². The SMILES string of the molecule is Cn1cnc2c1c(=O)n(CC(=O)Oc1ccc(-c3ccc(C#N)cc3)cc1)c(=O)n2C. The number of rotatable bonds is 4. The summed E-state index contributed by atoms with van der Waals surface area (Å²) in [5, 5.41) is 8.88. The minimum Gasteiger partial charge on any atom is -0.425 e. The van der Waals surface area contributed by atoms with E-state index in [1.165, 1.54) is 22.5 Å². The van der Waals surface area contributed by atoms with Crippen molar-refractivity contribution in [2.75, 3.05) is 0 Å². The molecular weight excluding hydrogens is 398 g/mol. The average Bonchev–Trinajstić information content (AvgIpc) is 3.17. The Hall–Kier alpha value is -4.45. The van der Waals surface area contributed by atoms with E-state index in [-0.39, 0.29) is 16.9 Å². The molecule has 0 saturated heterocycles. The van der Waals surface area contributed by atoms with Gasteiger partial charge in [-0.2, -0.15) is 5.26 Å². The second-order valence-corrected chi connectivity index (χ2v) is 6.95. The van der Waals surface area contributed by atoms with Gasteiger partial charge in [-0.25, -0.2) is 19.1 Å². The number of nitrogens with zero attached hydrogens (tertiary/aromatic N) is 5. The Morgan fingerprint density at radius 1 is 1.03 bits per heavy atom. The minimum atomic E-state index is -0.744. The molecule has 9 heteroatoms. The van der Waals surface area contributed by atoms with Crippen LogP contribution >= 0.6 is 0 Å². The minimum absolute atomic E-state index is 0.224. The fourth-order valence-electron chi connectivity index (χ4n) is 3.28. The molecule has 0 aliphatic carbocycles. The van der Waals surface area contributed by atoms with Gasteiger partial charge in [-0.15, -0.1) is 0 Å². The first kappa shape index (κ1) is 19.8. The summed E-state index contributed by atoms with van der Waals surface area (Å²) in [5.41, 5.74) is 1.59. The number of carbonyl (C=O) groups excluding carboxylic acids is 1. The van der Waals surface area contributed by atoms with Crippen LogP contribution in [-0.2, 0) is 25.4 Å². The highest BCUT2D eigenvalue weighted by Crippen LogP contribution is 2.23. The van der Waals surface area contributed by atoms with E-state index in [1.54, 1.807) is 43.4 Å². The smallest absolute Gasteiger partial charge is 0.333 e. The molecule has 4 aromatic rings. The van der Waals surface area contributed by atoms with Gasteiger partial charge in [0.25, 0.3) is 5.56 Å². The average molecular weight is 415 g/mol. The molecule has 154 valence electrons. The molecule has 0 amide bonds. The van der Waals surface area contributed by atoms with E-state index in [4.69, 9.17) is 10.00 Å². The Morgan fingerprint density at radius 2 is 1.65 bits per heavy atom. The lowest BCUT2D eigenvalue weighted by atomic mass is 10.0. The number of carbonyl (C=O) groups is 1. The number of nitriles is 1. The van der Waals surface area contributed by atoms with Crippen LogP contribution in [0.5, 0.6) is 5.75 Å². The summed E-state index contributed by atoms with van der Waals surface area (Å²) < 4.78 is 8.86. The number of hydrogen-bond acceptors (Lipinski definition) is 6. The number of esters is 1. The van der Waals surface area contributed by atoms with E-state index in [0.29, 0.717) is 5.56 Å². The first-order chi connectivity index (χ1) is 14.9. The Bertz CT molecular complexity index is 1450. The number of hydrogen-bond donors (Lipinski definition) is 0. The third-order valence-electron chi connectivity index (χ3n) is 4.92. The molecule has 0 N–H and O–H groups in total. The van der Waals surface area contributed by atoms with Crippen LogP contribution in [0.2, 0.25) is 0 Å². The molecule has 0 bridgehead atoms. The summed E-state index contributed by atoms with van der Waals surface area (Å²) in [4.78, 5) is 41.6. The molecular formula is C22H17N5O4. The second kappa shape index (κ2) is 7.76. The predicted molar refractivity (Wildman–Crippen MR) is 112 cm³/mol. The van der Waals surface area contributed by atoms with Crippen LogP contribution in [0.25, 0.3) is 22.3 Å². The molecule has 0 saturated carbocycles. The summed E-state index contributed by atoms with van der Waals surface area (Å²) >= 11 is 0. The lowest BCUT2D eigenvalue weighted by molar-refractivity contribution is -0.135. The van der Waals surface area contributed by atoms with Crippen molar-refractivity contribution in [2.24, 2.45) is 14.1 Å². The highest BCUT2D eigenvalue weighted by atomic mass is 16.5. The zero-order valence-corrected chi connectivity index (χ0v) is 16.8. The second-order valence-electron chi connectivity index (χ2n) is 6.95. The number of fused-ring (bicyclic) bond motifs is 1. The standard InChI is InChI=1S/C22H17N5O4/c1-25-13-24-20-19(25)21(29)27(22(30)26(20)2)12-18(28)31-17-9-7-16(8-10-17)15-5-3-14(11-23)4-6-15/h3-10,13H,12H2,1-2H3. The van der Waals surface area contributed by atoms with Crippen molar-refractivity contribution in [1.82, 2.24) is 18.7 Å². The van der Waals surface area contributed by atoms with Gasteiger partial charge in [-0.1, -0.05) is 24.3 Å². The summed E-state index contributed by atoms with van der Waals surface area (Å²) in [6.45, 7) is -0.524. The first-order valence-corrected chi connectivity index (χ1v) is 9.31. The molecule has 0 atom stereocenters. The lowest BCUT2D eigenvalue weighted by Gasteiger charge is -2.09. The summed E-state index contributed by atoms with van der Waals surface area (Å²) in [7, 11) is 3.13. The van der Waals surface area contributed by atoms with Crippen molar-refractivity contribution in [2.45, 2.75) is 6.54 Å². The van der Waals surface area contributed by atoms with E-state index >= 15 is 0 Å². The quantitative estimate of drug-likeness (QED) is 0.370. The van der Waals surface area contributed by atoms with Crippen LogP contribution in [0, 0.1) is 11.3 Å². The van der Waals surface area contributed by atoms with E-state index < -0.39 is 23.8 Å². The van der Waals surface area contributed by atoms with Gasteiger partial charge >= 0.3 is 11.7 Å². The van der Waals surface area contributed by atoms with Gasteiger partial charge in [-0.05, 0) is 35.4 Å². The highest BCUT2D eigenvalue weighted by molar-refractivity contribution is 5.74. The Morgan fingerprint density at radius 3 is 2.26 bits per heavy atom.